The number of rotatable bonds is 16. The summed E-state index contributed by atoms with van der Waals surface area (Å²) < 4.78 is 0. The van der Waals surface area contributed by atoms with Crippen molar-refractivity contribution in [2.75, 3.05) is 0 Å². The standard InChI is InChI=1S/4C9H16O/c4*1-3-4-7(2)9(10)8-5-6-8/h4*3,7-10H,1,4-6H2,2H3/t2*7-,9+;2*7-,9-/m1111/s1. The lowest BCUT2D eigenvalue weighted by atomic mass is 9.97. The van der Waals surface area contributed by atoms with Crippen LogP contribution in [0, 0.1) is 47.3 Å². The van der Waals surface area contributed by atoms with Gasteiger partial charge in [0.15, 0.2) is 0 Å². The van der Waals surface area contributed by atoms with Crippen molar-refractivity contribution in [2.45, 2.75) is 129 Å². The summed E-state index contributed by atoms with van der Waals surface area (Å²) in [4.78, 5) is 0. The van der Waals surface area contributed by atoms with Crippen molar-refractivity contribution in [3.05, 3.63) is 50.6 Å². The average molecular weight is 561 g/mol. The van der Waals surface area contributed by atoms with E-state index in [0.29, 0.717) is 47.3 Å². The van der Waals surface area contributed by atoms with Crippen molar-refractivity contribution in [1.82, 2.24) is 0 Å². The van der Waals surface area contributed by atoms with Gasteiger partial charge in [-0.3, -0.25) is 0 Å². The monoisotopic (exact) mass is 560 g/mol. The fraction of sp³-hybridized carbons (Fsp3) is 0.778. The van der Waals surface area contributed by atoms with Gasteiger partial charge in [0.1, 0.15) is 0 Å². The van der Waals surface area contributed by atoms with E-state index in [9.17, 15) is 20.4 Å². The molecule has 0 unspecified atom stereocenters. The highest BCUT2D eigenvalue weighted by Gasteiger charge is 2.34. The molecule has 0 amide bonds. The molecule has 0 heterocycles. The van der Waals surface area contributed by atoms with E-state index in [1.165, 1.54) is 51.4 Å². The first-order chi connectivity index (χ1) is 19.0. The van der Waals surface area contributed by atoms with E-state index in [1.54, 1.807) is 0 Å². The van der Waals surface area contributed by atoms with Crippen molar-refractivity contribution in [2.24, 2.45) is 47.3 Å². The minimum Gasteiger partial charge on any atom is -0.393 e. The van der Waals surface area contributed by atoms with Crippen LogP contribution in [0.25, 0.3) is 0 Å². The second kappa shape index (κ2) is 19.8. The van der Waals surface area contributed by atoms with E-state index in [4.69, 9.17) is 0 Å². The third-order valence-electron chi connectivity index (χ3n) is 8.91. The summed E-state index contributed by atoms with van der Waals surface area (Å²) in [6.45, 7) is 23.0. The highest BCUT2D eigenvalue weighted by atomic mass is 16.3. The van der Waals surface area contributed by atoms with Crippen LogP contribution in [0.4, 0.5) is 0 Å². The Morgan fingerprint density at radius 2 is 0.575 bits per heavy atom. The molecule has 0 aliphatic heterocycles. The molecule has 4 aliphatic rings. The second-order valence-electron chi connectivity index (χ2n) is 13.3. The number of hydrogen-bond donors (Lipinski definition) is 4. The van der Waals surface area contributed by atoms with Crippen molar-refractivity contribution in [3.8, 4) is 0 Å². The van der Waals surface area contributed by atoms with E-state index in [1.807, 2.05) is 24.3 Å². The Labute approximate surface area is 247 Å². The molecule has 40 heavy (non-hydrogen) atoms. The quantitative estimate of drug-likeness (QED) is 0.145. The van der Waals surface area contributed by atoms with Gasteiger partial charge in [0.25, 0.3) is 0 Å². The molecule has 4 N–H and O–H groups in total. The molecule has 4 rings (SSSR count). The number of hydrogen-bond acceptors (Lipinski definition) is 4. The van der Waals surface area contributed by atoms with Gasteiger partial charge < -0.3 is 20.4 Å². The van der Waals surface area contributed by atoms with Crippen molar-refractivity contribution in [1.29, 1.82) is 0 Å². The number of aliphatic hydroxyl groups is 4. The lowest BCUT2D eigenvalue weighted by molar-refractivity contribution is 0.0961. The minimum absolute atomic E-state index is 0.0713. The third-order valence-corrected chi connectivity index (χ3v) is 8.91. The number of allylic oxidation sites excluding steroid dienone is 4. The highest BCUT2D eigenvalue weighted by Crippen LogP contribution is 2.38. The summed E-state index contributed by atoms with van der Waals surface area (Å²) in [5.41, 5.74) is 0. The van der Waals surface area contributed by atoms with Crippen LogP contribution in [-0.4, -0.2) is 44.8 Å². The summed E-state index contributed by atoms with van der Waals surface area (Å²) in [5.74, 6) is 4.06. The fourth-order valence-corrected chi connectivity index (χ4v) is 5.22. The molecule has 0 aromatic rings. The summed E-state index contributed by atoms with van der Waals surface area (Å²) in [6, 6.07) is 0. The van der Waals surface area contributed by atoms with Crippen molar-refractivity contribution in [3.63, 3.8) is 0 Å². The van der Waals surface area contributed by atoms with Crippen molar-refractivity contribution >= 4 is 0 Å². The fourth-order valence-electron chi connectivity index (χ4n) is 5.22. The van der Waals surface area contributed by atoms with E-state index < -0.39 is 0 Å². The highest BCUT2D eigenvalue weighted by molar-refractivity contribution is 4.88. The van der Waals surface area contributed by atoms with Crippen LogP contribution >= 0.6 is 0 Å². The summed E-state index contributed by atoms with van der Waals surface area (Å²) >= 11 is 0. The van der Waals surface area contributed by atoms with Gasteiger partial charge in [-0.05, 0) is 124 Å². The summed E-state index contributed by atoms with van der Waals surface area (Å²) in [5, 5.41) is 38.2. The topological polar surface area (TPSA) is 80.9 Å². The second-order valence-corrected chi connectivity index (χ2v) is 13.3. The van der Waals surface area contributed by atoms with Crippen LogP contribution in [0.2, 0.25) is 0 Å². The molecule has 4 saturated carbocycles. The normalized spacial score (nSPS) is 23.8. The van der Waals surface area contributed by atoms with Gasteiger partial charge in [0, 0.05) is 0 Å². The first-order valence-electron chi connectivity index (χ1n) is 16.2. The van der Waals surface area contributed by atoms with E-state index in [0.717, 1.165) is 25.7 Å². The first kappa shape index (κ1) is 36.8. The minimum atomic E-state index is -0.0713. The molecule has 0 radical (unpaired) electrons. The maximum Gasteiger partial charge on any atom is 0.0596 e. The van der Waals surface area contributed by atoms with Gasteiger partial charge in [-0.2, -0.15) is 0 Å². The van der Waals surface area contributed by atoms with Gasteiger partial charge in [-0.25, -0.2) is 0 Å². The Bertz CT molecular complexity index is 584. The Balaban J connectivity index is 0.000000267. The van der Waals surface area contributed by atoms with Crippen LogP contribution in [0.3, 0.4) is 0 Å². The largest absolute Gasteiger partial charge is 0.393 e. The average Bonchev–Trinajstić information content (AvgIpc) is 3.78. The molecular formula is C36H64O4. The Morgan fingerprint density at radius 3 is 0.675 bits per heavy atom. The predicted octanol–water partition coefficient (Wildman–Crippen LogP) is 7.88. The van der Waals surface area contributed by atoms with Crippen LogP contribution in [0.1, 0.15) is 105 Å². The van der Waals surface area contributed by atoms with Gasteiger partial charge in [0.2, 0.25) is 0 Å². The van der Waals surface area contributed by atoms with E-state index in [2.05, 4.69) is 54.0 Å². The zero-order valence-electron chi connectivity index (χ0n) is 26.3. The van der Waals surface area contributed by atoms with Crippen LogP contribution < -0.4 is 0 Å². The lowest BCUT2D eigenvalue weighted by Gasteiger charge is -2.15. The molecule has 0 aromatic carbocycles. The van der Waals surface area contributed by atoms with Gasteiger partial charge in [-0.15, -0.1) is 26.3 Å². The van der Waals surface area contributed by atoms with Gasteiger partial charge >= 0.3 is 0 Å². The van der Waals surface area contributed by atoms with E-state index >= 15 is 0 Å². The Kier molecular flexibility index (Phi) is 18.3. The van der Waals surface area contributed by atoms with Gasteiger partial charge in [0.05, 0.1) is 24.4 Å². The predicted molar refractivity (Wildman–Crippen MR) is 171 cm³/mol. The number of aliphatic hydroxyl groups excluding tert-OH is 4. The Morgan fingerprint density at radius 1 is 0.425 bits per heavy atom. The molecule has 0 saturated heterocycles. The molecule has 0 aromatic heterocycles. The van der Waals surface area contributed by atoms with Crippen LogP contribution in [0.5, 0.6) is 0 Å². The molecule has 4 nitrogen and oxygen atoms in total. The van der Waals surface area contributed by atoms with E-state index in [-0.39, 0.29) is 24.4 Å². The lowest BCUT2D eigenvalue weighted by Crippen LogP contribution is -2.18. The SMILES string of the molecule is C=CC[C@@H](C)[C@@H](O)C1CC1.C=CC[C@@H](C)[C@@H](O)C1CC1.C=CC[C@@H](C)[C@H](O)C1CC1.C=CC[C@@H](C)[C@H](O)C1CC1. The molecule has 232 valence electrons. The molecule has 0 spiro atoms. The first-order valence-corrected chi connectivity index (χ1v) is 16.2. The molecule has 4 aliphatic carbocycles. The van der Waals surface area contributed by atoms with Gasteiger partial charge in [-0.1, -0.05) is 52.0 Å². The summed E-state index contributed by atoms with van der Waals surface area (Å²) in [6.07, 6.45) is 20.8. The van der Waals surface area contributed by atoms with Crippen molar-refractivity contribution < 1.29 is 20.4 Å². The molecule has 8 atom stereocenters. The third kappa shape index (κ3) is 15.7. The zero-order chi connectivity index (χ0) is 30.2. The maximum atomic E-state index is 9.54. The summed E-state index contributed by atoms with van der Waals surface area (Å²) in [7, 11) is 0. The Hall–Kier alpha value is -1.20. The van der Waals surface area contributed by atoms with Crippen LogP contribution in [0.15, 0.2) is 50.6 Å². The molecular weight excluding hydrogens is 496 g/mol. The zero-order valence-corrected chi connectivity index (χ0v) is 26.3. The maximum absolute atomic E-state index is 9.54. The molecule has 4 heteroatoms. The smallest absolute Gasteiger partial charge is 0.0596 e. The van der Waals surface area contributed by atoms with Crippen LogP contribution in [-0.2, 0) is 0 Å². The molecule has 0 bridgehead atoms. The molecule has 4 fully saturated rings.